The second-order valence-corrected chi connectivity index (χ2v) is 8.64. The second kappa shape index (κ2) is 7.89. The third-order valence-electron chi connectivity index (χ3n) is 5.16. The highest BCUT2D eigenvalue weighted by Gasteiger charge is 2.36. The average molecular weight is 461 g/mol. The Morgan fingerprint density at radius 3 is 2.50 bits per heavy atom. The van der Waals surface area contributed by atoms with E-state index in [-0.39, 0.29) is 16.6 Å². The summed E-state index contributed by atoms with van der Waals surface area (Å²) >= 11 is 7.67. The SMILES string of the molecule is Cc1ccc(C2=NN3C(=N)/C(=C\c4c(Cl)nn(-c5ccccc5)c4C)C(=O)N=C3S2)cc1. The molecule has 2 aliphatic rings. The number of fused-ring (bicyclic) bond motifs is 1. The van der Waals surface area contributed by atoms with Crippen molar-refractivity contribution in [1.82, 2.24) is 14.8 Å². The Bertz CT molecular complexity index is 1360. The van der Waals surface area contributed by atoms with E-state index in [9.17, 15) is 4.79 Å². The number of aryl methyl sites for hydroxylation is 1. The fraction of sp³-hybridized carbons (Fsp3) is 0.0870. The highest BCUT2D eigenvalue weighted by atomic mass is 35.5. The van der Waals surface area contributed by atoms with Crippen molar-refractivity contribution in [1.29, 1.82) is 5.41 Å². The van der Waals surface area contributed by atoms with Gasteiger partial charge in [-0.1, -0.05) is 59.6 Å². The van der Waals surface area contributed by atoms with E-state index in [0.29, 0.717) is 15.8 Å². The fourth-order valence-corrected chi connectivity index (χ4v) is 4.58. The number of hydrazone groups is 1. The molecule has 2 aromatic carbocycles. The summed E-state index contributed by atoms with van der Waals surface area (Å²) < 4.78 is 1.71. The normalized spacial score (nSPS) is 17.0. The van der Waals surface area contributed by atoms with E-state index in [4.69, 9.17) is 17.0 Å². The van der Waals surface area contributed by atoms with E-state index in [1.807, 2.05) is 68.4 Å². The number of thioether (sulfide) groups is 1. The molecule has 5 rings (SSSR count). The van der Waals surface area contributed by atoms with Gasteiger partial charge in [-0.3, -0.25) is 10.2 Å². The summed E-state index contributed by atoms with van der Waals surface area (Å²) in [6.07, 6.45) is 1.57. The standard InChI is InChI=1S/C23H17ClN6OS/c1-13-8-10-15(11-9-13)22-28-30-20(25)18(21(31)26-23(30)32-22)12-17-14(2)29(27-19(17)24)16-6-4-3-5-7-16/h3-12,25H,1-2H3/b18-12+,25-20?. The number of halogens is 1. The lowest BCUT2D eigenvalue weighted by Crippen LogP contribution is -2.35. The summed E-state index contributed by atoms with van der Waals surface area (Å²) in [6.45, 7) is 3.88. The topological polar surface area (TPSA) is 86.7 Å². The van der Waals surface area contributed by atoms with Crippen molar-refractivity contribution >= 4 is 51.4 Å². The number of carbonyl (C=O) groups excluding carboxylic acids is 1. The average Bonchev–Trinajstić information content (AvgIpc) is 3.33. The Morgan fingerprint density at radius 1 is 1.06 bits per heavy atom. The van der Waals surface area contributed by atoms with Gasteiger partial charge in [0.15, 0.2) is 11.0 Å². The molecule has 3 aromatic rings. The molecular formula is C23H17ClN6OS. The zero-order valence-electron chi connectivity index (χ0n) is 17.2. The van der Waals surface area contributed by atoms with E-state index < -0.39 is 5.91 Å². The van der Waals surface area contributed by atoms with E-state index in [2.05, 4.69) is 15.2 Å². The van der Waals surface area contributed by atoms with Crippen molar-refractivity contribution in [2.75, 3.05) is 0 Å². The van der Waals surface area contributed by atoms with Crippen LogP contribution in [0.2, 0.25) is 5.15 Å². The smallest absolute Gasteiger partial charge is 0.282 e. The number of rotatable bonds is 3. The van der Waals surface area contributed by atoms with Crippen LogP contribution in [0.3, 0.4) is 0 Å². The molecule has 2 aliphatic heterocycles. The quantitative estimate of drug-likeness (QED) is 0.568. The summed E-state index contributed by atoms with van der Waals surface area (Å²) in [6, 6.07) is 17.5. The van der Waals surface area contributed by atoms with Crippen LogP contribution in [-0.4, -0.2) is 36.7 Å². The van der Waals surface area contributed by atoms with Crippen molar-refractivity contribution in [2.24, 2.45) is 10.1 Å². The molecule has 0 saturated heterocycles. The van der Waals surface area contributed by atoms with Gasteiger partial charge in [0.25, 0.3) is 5.91 Å². The van der Waals surface area contributed by atoms with Crippen LogP contribution in [0, 0.1) is 19.3 Å². The molecule has 0 bridgehead atoms. The molecule has 1 N–H and O–H groups in total. The number of amidine groups is 2. The van der Waals surface area contributed by atoms with Crippen LogP contribution in [0.25, 0.3) is 11.8 Å². The fourth-order valence-electron chi connectivity index (χ4n) is 3.41. The van der Waals surface area contributed by atoms with Crippen LogP contribution in [0.15, 0.2) is 70.3 Å². The molecule has 0 aliphatic carbocycles. The van der Waals surface area contributed by atoms with Gasteiger partial charge in [-0.2, -0.15) is 20.2 Å². The maximum absolute atomic E-state index is 12.8. The number of nitrogens with one attached hydrogen (secondary N) is 1. The Balaban J connectivity index is 1.51. The lowest BCUT2D eigenvalue weighted by atomic mass is 10.1. The summed E-state index contributed by atoms with van der Waals surface area (Å²) in [4.78, 5) is 16.9. The van der Waals surface area contributed by atoms with Crippen molar-refractivity contribution in [2.45, 2.75) is 13.8 Å². The molecule has 9 heteroatoms. The van der Waals surface area contributed by atoms with Crippen molar-refractivity contribution < 1.29 is 4.79 Å². The Kier molecular flexibility index (Phi) is 5.03. The Morgan fingerprint density at radius 2 is 1.78 bits per heavy atom. The minimum absolute atomic E-state index is 0.0439. The molecule has 0 radical (unpaired) electrons. The van der Waals surface area contributed by atoms with Crippen LogP contribution in [0.4, 0.5) is 0 Å². The van der Waals surface area contributed by atoms with Gasteiger partial charge in [-0.05, 0) is 43.8 Å². The van der Waals surface area contributed by atoms with E-state index in [0.717, 1.165) is 22.5 Å². The minimum atomic E-state index is -0.503. The van der Waals surface area contributed by atoms with Gasteiger partial charge >= 0.3 is 0 Å². The molecule has 1 amide bonds. The number of hydrogen-bond acceptors (Lipinski definition) is 5. The molecule has 158 valence electrons. The monoisotopic (exact) mass is 460 g/mol. The van der Waals surface area contributed by atoms with Crippen molar-refractivity contribution in [3.05, 3.63) is 87.7 Å². The van der Waals surface area contributed by atoms with Gasteiger partial charge < -0.3 is 0 Å². The second-order valence-electron chi connectivity index (χ2n) is 7.33. The molecule has 7 nitrogen and oxygen atoms in total. The van der Waals surface area contributed by atoms with Gasteiger partial charge in [0.1, 0.15) is 5.04 Å². The number of hydrogen-bond donors (Lipinski definition) is 1. The molecule has 0 fully saturated rings. The summed E-state index contributed by atoms with van der Waals surface area (Å²) in [7, 11) is 0. The summed E-state index contributed by atoms with van der Waals surface area (Å²) in [5, 5.41) is 20.2. The zero-order valence-corrected chi connectivity index (χ0v) is 18.8. The Hall–Kier alpha value is -3.49. The molecule has 0 unspecified atom stereocenters. The summed E-state index contributed by atoms with van der Waals surface area (Å²) in [5.74, 6) is -0.547. The van der Waals surface area contributed by atoms with E-state index in [1.165, 1.54) is 16.8 Å². The van der Waals surface area contributed by atoms with Gasteiger partial charge in [0.05, 0.1) is 11.3 Å². The van der Waals surface area contributed by atoms with Crippen LogP contribution in [-0.2, 0) is 4.79 Å². The lowest BCUT2D eigenvalue weighted by Gasteiger charge is -2.20. The number of benzene rings is 2. The maximum Gasteiger partial charge on any atom is 0.283 e. The molecule has 0 saturated carbocycles. The third-order valence-corrected chi connectivity index (χ3v) is 6.40. The molecule has 32 heavy (non-hydrogen) atoms. The van der Waals surface area contributed by atoms with E-state index in [1.54, 1.807) is 10.8 Å². The van der Waals surface area contributed by atoms with Gasteiger partial charge in [0.2, 0.25) is 5.17 Å². The van der Waals surface area contributed by atoms with Crippen LogP contribution < -0.4 is 0 Å². The van der Waals surface area contributed by atoms with Crippen LogP contribution in [0.5, 0.6) is 0 Å². The molecule has 0 spiro atoms. The van der Waals surface area contributed by atoms with Crippen molar-refractivity contribution in [3.63, 3.8) is 0 Å². The predicted molar refractivity (Wildman–Crippen MR) is 129 cm³/mol. The zero-order chi connectivity index (χ0) is 22.4. The number of para-hydroxylation sites is 1. The highest BCUT2D eigenvalue weighted by Crippen LogP contribution is 2.32. The Labute approximate surface area is 193 Å². The first-order chi connectivity index (χ1) is 15.4. The minimum Gasteiger partial charge on any atom is -0.282 e. The number of aromatic nitrogens is 2. The number of carbonyl (C=O) groups is 1. The first kappa shape index (κ1) is 20.4. The molecule has 0 atom stereocenters. The maximum atomic E-state index is 12.8. The van der Waals surface area contributed by atoms with Gasteiger partial charge in [-0.25, -0.2) is 4.68 Å². The molecule has 3 heterocycles. The summed E-state index contributed by atoms with van der Waals surface area (Å²) in [5.41, 5.74) is 4.34. The number of nitrogens with zero attached hydrogens (tertiary/aromatic N) is 5. The van der Waals surface area contributed by atoms with Crippen LogP contribution >= 0.6 is 23.4 Å². The number of aliphatic imine (C=N–C) groups is 1. The van der Waals surface area contributed by atoms with Gasteiger partial charge in [0, 0.05) is 16.8 Å². The largest absolute Gasteiger partial charge is 0.283 e. The molecular weight excluding hydrogens is 444 g/mol. The first-order valence-electron chi connectivity index (χ1n) is 9.80. The lowest BCUT2D eigenvalue weighted by molar-refractivity contribution is -0.114. The predicted octanol–water partition coefficient (Wildman–Crippen LogP) is 4.81. The third kappa shape index (κ3) is 3.47. The molecule has 1 aromatic heterocycles. The first-order valence-corrected chi connectivity index (χ1v) is 11.0. The van der Waals surface area contributed by atoms with Crippen molar-refractivity contribution in [3.8, 4) is 5.69 Å². The van der Waals surface area contributed by atoms with Gasteiger partial charge in [-0.15, -0.1) is 0 Å². The number of amides is 1. The van der Waals surface area contributed by atoms with Crippen LogP contribution in [0.1, 0.15) is 22.4 Å². The highest BCUT2D eigenvalue weighted by molar-refractivity contribution is 8.27. The van der Waals surface area contributed by atoms with E-state index >= 15 is 0 Å².